The standard InChI is InChI=1S/C18H15N3O5/c1-2-16(22)26-8-7-11-9-12(18(24)25)10-15(17(11)23)21-19-13-5-3-4-6-14(13)20-21/h2-6,9-10,23H,1,7-8H2,(H,24,25). The van der Waals surface area contributed by atoms with E-state index >= 15 is 0 Å². The molecule has 3 aromatic rings. The summed E-state index contributed by atoms with van der Waals surface area (Å²) in [6.45, 7) is 3.26. The van der Waals surface area contributed by atoms with E-state index in [0.717, 1.165) is 6.08 Å². The van der Waals surface area contributed by atoms with Gasteiger partial charge in [-0.3, -0.25) is 0 Å². The third kappa shape index (κ3) is 3.39. The SMILES string of the molecule is C=CC(=O)OCCc1cc(C(=O)O)cc(-n2nc3ccccc3n2)c1O. The summed E-state index contributed by atoms with van der Waals surface area (Å²) in [6.07, 6.45) is 1.15. The van der Waals surface area contributed by atoms with Crippen LogP contribution in [0, 0.1) is 0 Å². The van der Waals surface area contributed by atoms with Crippen molar-refractivity contribution in [1.29, 1.82) is 0 Å². The second-order valence-corrected chi connectivity index (χ2v) is 5.41. The number of hydrogen-bond acceptors (Lipinski definition) is 6. The molecule has 0 atom stereocenters. The highest BCUT2D eigenvalue weighted by Crippen LogP contribution is 2.28. The zero-order valence-electron chi connectivity index (χ0n) is 13.6. The van der Waals surface area contributed by atoms with E-state index in [0.29, 0.717) is 16.6 Å². The van der Waals surface area contributed by atoms with Gasteiger partial charge in [-0.05, 0) is 24.3 Å². The number of carboxylic acids is 1. The van der Waals surface area contributed by atoms with E-state index < -0.39 is 11.9 Å². The van der Waals surface area contributed by atoms with Gasteiger partial charge in [0.05, 0.1) is 12.2 Å². The number of carbonyl (C=O) groups excluding carboxylic acids is 1. The number of carbonyl (C=O) groups is 2. The fourth-order valence-electron chi connectivity index (χ4n) is 2.43. The fraction of sp³-hybridized carbons (Fsp3) is 0.111. The number of aromatic nitrogens is 3. The molecule has 0 aliphatic rings. The Balaban J connectivity index is 2.02. The first kappa shape index (κ1) is 17.2. The van der Waals surface area contributed by atoms with Gasteiger partial charge in [-0.15, -0.1) is 15.0 Å². The van der Waals surface area contributed by atoms with E-state index in [1.54, 1.807) is 24.3 Å². The molecule has 0 radical (unpaired) electrons. The quantitative estimate of drug-likeness (QED) is 0.515. The average molecular weight is 353 g/mol. The molecule has 2 aromatic carbocycles. The molecule has 0 unspecified atom stereocenters. The molecular formula is C18H15N3O5. The Kier molecular flexibility index (Phi) is 4.66. The number of rotatable bonds is 6. The molecule has 8 nitrogen and oxygen atoms in total. The van der Waals surface area contributed by atoms with Crippen LogP contribution in [0.5, 0.6) is 5.75 Å². The summed E-state index contributed by atoms with van der Waals surface area (Å²) in [6, 6.07) is 9.73. The Morgan fingerprint density at radius 1 is 1.19 bits per heavy atom. The zero-order chi connectivity index (χ0) is 18.7. The monoisotopic (exact) mass is 353 g/mol. The summed E-state index contributed by atoms with van der Waals surface area (Å²) in [4.78, 5) is 23.7. The highest BCUT2D eigenvalue weighted by molar-refractivity contribution is 5.89. The normalized spacial score (nSPS) is 10.6. The maximum Gasteiger partial charge on any atom is 0.335 e. The first-order chi connectivity index (χ1) is 12.5. The van der Waals surface area contributed by atoms with Crippen LogP contribution in [0.1, 0.15) is 15.9 Å². The average Bonchev–Trinajstić information content (AvgIpc) is 3.06. The number of phenols is 1. The number of carboxylic acid groups (broad SMARTS) is 1. The van der Waals surface area contributed by atoms with Gasteiger partial charge >= 0.3 is 11.9 Å². The number of nitrogens with zero attached hydrogens (tertiary/aromatic N) is 3. The van der Waals surface area contributed by atoms with Gasteiger partial charge in [-0.2, -0.15) is 0 Å². The van der Waals surface area contributed by atoms with Gasteiger partial charge in [-0.25, -0.2) is 9.59 Å². The van der Waals surface area contributed by atoms with Gasteiger partial charge in [0.2, 0.25) is 0 Å². The number of fused-ring (bicyclic) bond motifs is 1. The van der Waals surface area contributed by atoms with Crippen molar-refractivity contribution in [2.24, 2.45) is 0 Å². The summed E-state index contributed by atoms with van der Waals surface area (Å²) >= 11 is 0. The van der Waals surface area contributed by atoms with Crippen LogP contribution in [-0.4, -0.2) is 43.8 Å². The van der Waals surface area contributed by atoms with Crippen LogP contribution < -0.4 is 0 Å². The summed E-state index contributed by atoms with van der Waals surface area (Å²) in [5.74, 6) is -1.93. The molecule has 0 spiro atoms. The summed E-state index contributed by atoms with van der Waals surface area (Å²) in [7, 11) is 0. The van der Waals surface area contributed by atoms with Gasteiger partial charge in [0.1, 0.15) is 22.5 Å². The molecular weight excluding hydrogens is 338 g/mol. The van der Waals surface area contributed by atoms with Crippen LogP contribution >= 0.6 is 0 Å². The highest BCUT2D eigenvalue weighted by Gasteiger charge is 2.17. The second kappa shape index (κ2) is 7.06. The zero-order valence-corrected chi connectivity index (χ0v) is 13.6. The molecule has 132 valence electrons. The van der Waals surface area contributed by atoms with E-state index in [-0.39, 0.29) is 30.0 Å². The van der Waals surface area contributed by atoms with Crippen LogP contribution in [0.4, 0.5) is 0 Å². The van der Waals surface area contributed by atoms with Crippen molar-refractivity contribution in [1.82, 2.24) is 15.0 Å². The first-order valence-electron chi connectivity index (χ1n) is 7.70. The minimum Gasteiger partial charge on any atom is -0.505 e. The van der Waals surface area contributed by atoms with Crippen LogP contribution in [0.3, 0.4) is 0 Å². The van der Waals surface area contributed by atoms with Crippen molar-refractivity contribution < 1.29 is 24.5 Å². The smallest absolute Gasteiger partial charge is 0.335 e. The lowest BCUT2D eigenvalue weighted by Crippen LogP contribution is -2.08. The molecule has 1 aromatic heterocycles. The molecule has 0 aliphatic carbocycles. The van der Waals surface area contributed by atoms with Gasteiger partial charge in [-0.1, -0.05) is 18.7 Å². The molecule has 0 saturated carbocycles. The van der Waals surface area contributed by atoms with Crippen molar-refractivity contribution in [2.45, 2.75) is 6.42 Å². The molecule has 2 N–H and O–H groups in total. The van der Waals surface area contributed by atoms with Crippen molar-refractivity contribution >= 4 is 23.0 Å². The lowest BCUT2D eigenvalue weighted by atomic mass is 10.1. The van der Waals surface area contributed by atoms with Crippen LogP contribution in [-0.2, 0) is 16.0 Å². The summed E-state index contributed by atoms with van der Waals surface area (Å²) < 4.78 is 4.89. The predicted octanol–water partition coefficient (Wildman–Crippen LogP) is 2.10. The Hall–Kier alpha value is -3.68. The van der Waals surface area contributed by atoms with E-state index in [4.69, 9.17) is 4.74 Å². The molecule has 0 saturated heterocycles. The number of aromatic carboxylic acids is 1. The Bertz CT molecular complexity index is 976. The maximum absolute atomic E-state index is 11.4. The number of ether oxygens (including phenoxy) is 1. The predicted molar refractivity (Wildman–Crippen MR) is 92.3 cm³/mol. The Morgan fingerprint density at radius 2 is 1.85 bits per heavy atom. The third-order valence-corrected chi connectivity index (χ3v) is 3.70. The maximum atomic E-state index is 11.4. The van der Waals surface area contributed by atoms with E-state index in [2.05, 4.69) is 16.8 Å². The van der Waals surface area contributed by atoms with Gasteiger partial charge in [0.25, 0.3) is 0 Å². The second-order valence-electron chi connectivity index (χ2n) is 5.41. The minimum atomic E-state index is -1.16. The van der Waals surface area contributed by atoms with Gasteiger partial charge < -0.3 is 14.9 Å². The molecule has 0 bridgehead atoms. The first-order valence-corrected chi connectivity index (χ1v) is 7.70. The topological polar surface area (TPSA) is 115 Å². The van der Waals surface area contributed by atoms with Crippen molar-refractivity contribution in [3.63, 3.8) is 0 Å². The number of phenolic OH excluding ortho intramolecular Hbond substituents is 1. The van der Waals surface area contributed by atoms with Crippen molar-refractivity contribution in [3.05, 3.63) is 60.2 Å². The van der Waals surface area contributed by atoms with E-state index in [9.17, 15) is 19.8 Å². The number of esters is 1. The van der Waals surface area contributed by atoms with Crippen LogP contribution in [0.2, 0.25) is 0 Å². The Morgan fingerprint density at radius 3 is 2.42 bits per heavy atom. The third-order valence-electron chi connectivity index (χ3n) is 3.70. The largest absolute Gasteiger partial charge is 0.505 e. The number of hydrogen-bond donors (Lipinski definition) is 2. The number of benzene rings is 2. The molecule has 0 fully saturated rings. The highest BCUT2D eigenvalue weighted by atomic mass is 16.5. The fourth-order valence-corrected chi connectivity index (χ4v) is 2.43. The number of aromatic hydroxyl groups is 1. The van der Waals surface area contributed by atoms with E-state index in [1.807, 2.05) is 0 Å². The van der Waals surface area contributed by atoms with Gasteiger partial charge in [0, 0.05) is 18.1 Å². The molecule has 0 amide bonds. The molecule has 8 heteroatoms. The molecule has 1 heterocycles. The van der Waals surface area contributed by atoms with Crippen molar-refractivity contribution in [2.75, 3.05) is 6.61 Å². The summed E-state index contributed by atoms with van der Waals surface area (Å²) in [5.41, 5.74) is 1.61. The molecule has 0 aliphatic heterocycles. The lowest BCUT2D eigenvalue weighted by molar-refractivity contribution is -0.137. The summed E-state index contributed by atoms with van der Waals surface area (Å²) in [5, 5.41) is 28.4. The van der Waals surface area contributed by atoms with Crippen LogP contribution in [0.15, 0.2) is 49.1 Å². The lowest BCUT2D eigenvalue weighted by Gasteiger charge is -2.11. The van der Waals surface area contributed by atoms with E-state index in [1.165, 1.54) is 16.9 Å². The van der Waals surface area contributed by atoms with Gasteiger partial charge in [0.15, 0.2) is 0 Å². The Labute approximate surface area is 147 Å². The molecule has 3 rings (SSSR count). The minimum absolute atomic E-state index is 0.0323. The van der Waals surface area contributed by atoms with Crippen LogP contribution in [0.25, 0.3) is 16.7 Å². The van der Waals surface area contributed by atoms with Crippen molar-refractivity contribution in [3.8, 4) is 11.4 Å². The molecule has 26 heavy (non-hydrogen) atoms.